The first-order chi connectivity index (χ1) is 38.9. The van der Waals surface area contributed by atoms with E-state index in [0.29, 0.717) is 17.4 Å². The summed E-state index contributed by atoms with van der Waals surface area (Å²) >= 11 is 0. The first kappa shape index (κ1) is 77.5. The monoisotopic (exact) mass is 1140 g/mol. The van der Waals surface area contributed by atoms with Crippen LogP contribution in [0.3, 0.4) is 0 Å². The molecule has 3 unspecified atom stereocenters. The molecule has 0 heterocycles. The summed E-state index contributed by atoms with van der Waals surface area (Å²) in [5.41, 5.74) is 0. The molecule has 0 saturated heterocycles. The van der Waals surface area contributed by atoms with Gasteiger partial charge in [-0.2, -0.15) is 0 Å². The van der Waals surface area contributed by atoms with Crippen molar-refractivity contribution in [2.45, 2.75) is 322 Å². The zero-order chi connectivity index (χ0) is 58.6. The van der Waals surface area contributed by atoms with Crippen LogP contribution in [0.2, 0.25) is 0 Å². The summed E-state index contributed by atoms with van der Waals surface area (Å²) in [6.07, 6.45) is 77.2. The Morgan fingerprint density at radius 2 is 0.762 bits per heavy atom. The summed E-state index contributed by atoms with van der Waals surface area (Å²) in [7, 11) is 1.18. The van der Waals surface area contributed by atoms with Crippen LogP contribution >= 0.6 is 7.82 Å². The van der Waals surface area contributed by atoms with E-state index in [2.05, 4.69) is 86.8 Å². The van der Waals surface area contributed by atoms with Gasteiger partial charge in [-0.05, 0) is 102 Å². The van der Waals surface area contributed by atoms with E-state index in [-0.39, 0.29) is 24.9 Å². The van der Waals surface area contributed by atoms with Crippen molar-refractivity contribution < 1.29 is 37.3 Å². The van der Waals surface area contributed by atoms with Crippen molar-refractivity contribution in [1.82, 2.24) is 5.32 Å². The zero-order valence-electron chi connectivity index (χ0n) is 53.3. The van der Waals surface area contributed by atoms with Crippen LogP contribution in [0.1, 0.15) is 310 Å². The van der Waals surface area contributed by atoms with Crippen LogP contribution in [0.25, 0.3) is 0 Å². The normalized spacial score (nSPS) is 14.0. The number of nitrogens with zero attached hydrogens (tertiary/aromatic N) is 1. The van der Waals surface area contributed by atoms with Gasteiger partial charge in [-0.1, -0.05) is 267 Å². The summed E-state index contributed by atoms with van der Waals surface area (Å²) in [5.74, 6) is -0.551. The Bertz CT molecular complexity index is 1600. The highest BCUT2D eigenvalue weighted by Crippen LogP contribution is 2.38. The molecule has 1 N–H and O–H groups in total. The number of quaternary nitrogens is 1. The Kier molecular flexibility index (Phi) is 57.7. The molecule has 0 rings (SSSR count). The van der Waals surface area contributed by atoms with Crippen molar-refractivity contribution in [2.75, 3.05) is 40.9 Å². The minimum atomic E-state index is -4.71. The third-order valence-corrected chi connectivity index (χ3v) is 15.8. The van der Waals surface area contributed by atoms with E-state index < -0.39 is 26.6 Å². The van der Waals surface area contributed by atoms with Gasteiger partial charge in [-0.25, -0.2) is 0 Å². The molecule has 10 heteroatoms. The van der Waals surface area contributed by atoms with Crippen molar-refractivity contribution in [2.24, 2.45) is 0 Å². The van der Waals surface area contributed by atoms with Crippen LogP contribution < -0.4 is 10.2 Å². The molecule has 1 amide bonds. The molecule has 466 valence electrons. The Morgan fingerprint density at radius 1 is 0.438 bits per heavy atom. The quantitative estimate of drug-likeness (QED) is 0.0212. The number of phosphoric acid groups is 1. The summed E-state index contributed by atoms with van der Waals surface area (Å²) in [6, 6.07) is -0.898. The molecule has 0 aromatic heterocycles. The number of carbonyl (C=O) groups is 2. The molecule has 0 aromatic carbocycles. The minimum absolute atomic E-state index is 0.0263. The van der Waals surface area contributed by atoms with Gasteiger partial charge in [-0.15, -0.1) is 0 Å². The van der Waals surface area contributed by atoms with Crippen molar-refractivity contribution >= 4 is 19.7 Å². The highest BCUT2D eigenvalue weighted by atomic mass is 31.2. The van der Waals surface area contributed by atoms with Gasteiger partial charge in [0.05, 0.1) is 33.8 Å². The van der Waals surface area contributed by atoms with Crippen LogP contribution in [0.4, 0.5) is 0 Å². The van der Waals surface area contributed by atoms with E-state index in [1.807, 2.05) is 33.3 Å². The molecule has 0 bridgehead atoms. The maximum absolute atomic E-state index is 13.6. The van der Waals surface area contributed by atoms with Gasteiger partial charge in [0.1, 0.15) is 19.3 Å². The van der Waals surface area contributed by atoms with Crippen LogP contribution in [0.15, 0.2) is 72.9 Å². The fourth-order valence-corrected chi connectivity index (χ4v) is 10.3. The van der Waals surface area contributed by atoms with Crippen LogP contribution in [-0.2, 0) is 27.9 Å². The predicted octanol–water partition coefficient (Wildman–Crippen LogP) is 20.5. The first-order valence-electron chi connectivity index (χ1n) is 33.7. The second-order valence-corrected chi connectivity index (χ2v) is 25.4. The number of unbranched alkanes of at least 4 members (excludes halogenated alkanes) is 35. The highest BCUT2D eigenvalue weighted by Gasteiger charge is 2.27. The largest absolute Gasteiger partial charge is 0.756 e. The zero-order valence-corrected chi connectivity index (χ0v) is 54.2. The topological polar surface area (TPSA) is 114 Å². The van der Waals surface area contributed by atoms with Gasteiger partial charge < -0.3 is 28.5 Å². The summed E-state index contributed by atoms with van der Waals surface area (Å²) in [4.78, 5) is 40.1. The van der Waals surface area contributed by atoms with Crippen molar-refractivity contribution in [3.63, 3.8) is 0 Å². The summed E-state index contributed by atoms with van der Waals surface area (Å²) in [5, 5.41) is 3.03. The molecule has 9 nitrogen and oxygen atoms in total. The number of amides is 1. The van der Waals surface area contributed by atoms with Crippen LogP contribution in [-0.4, -0.2) is 69.4 Å². The molecule has 0 aromatic rings. The van der Waals surface area contributed by atoms with Crippen LogP contribution in [0.5, 0.6) is 0 Å². The molecule has 0 fully saturated rings. The van der Waals surface area contributed by atoms with E-state index in [1.165, 1.54) is 167 Å². The van der Waals surface area contributed by atoms with Gasteiger partial charge >= 0.3 is 5.97 Å². The number of nitrogens with one attached hydrogen (secondary N) is 1. The number of phosphoric ester groups is 1. The molecule has 0 saturated carbocycles. The van der Waals surface area contributed by atoms with E-state index in [9.17, 15) is 19.0 Å². The second-order valence-electron chi connectivity index (χ2n) is 24.0. The Balaban J connectivity index is 5.17. The molecule has 80 heavy (non-hydrogen) atoms. The minimum Gasteiger partial charge on any atom is -0.756 e. The predicted molar refractivity (Wildman–Crippen MR) is 344 cm³/mol. The highest BCUT2D eigenvalue weighted by molar-refractivity contribution is 7.45. The van der Waals surface area contributed by atoms with Gasteiger partial charge in [0, 0.05) is 12.8 Å². The van der Waals surface area contributed by atoms with E-state index >= 15 is 0 Å². The third kappa shape index (κ3) is 60.1. The number of carbonyl (C=O) groups excluding carboxylic acids is 2. The fraction of sp³-hybridized carbons (Fsp3) is 0.800. The van der Waals surface area contributed by atoms with Gasteiger partial charge in [0.15, 0.2) is 0 Å². The molecular formula is C70H129N2O7P. The number of hydrogen-bond acceptors (Lipinski definition) is 7. The SMILES string of the molecule is CCCCC/C=C\C/C=C\C/C=C\C/C=C\CCCCCCCCCCCC(=O)OC(/C=C\CCCCCCCCCCCCC)C(COP(=O)([O-])OCC[N+](C)(C)C)NC(=O)CCCCCCC/C=C/CCCCCCCCC. The molecule has 0 aliphatic heterocycles. The van der Waals surface area contributed by atoms with E-state index in [1.54, 1.807) is 0 Å². The molecule has 0 spiro atoms. The number of ether oxygens (including phenoxy) is 1. The lowest BCUT2D eigenvalue weighted by Crippen LogP contribution is -2.47. The lowest BCUT2D eigenvalue weighted by molar-refractivity contribution is -0.870. The van der Waals surface area contributed by atoms with Crippen LogP contribution in [0, 0.1) is 0 Å². The molecule has 0 aliphatic carbocycles. The maximum Gasteiger partial charge on any atom is 0.306 e. The summed E-state index contributed by atoms with van der Waals surface area (Å²) < 4.78 is 30.4. The Labute approximate surface area is 495 Å². The lowest BCUT2D eigenvalue weighted by Gasteiger charge is -2.30. The van der Waals surface area contributed by atoms with Crippen molar-refractivity contribution in [3.8, 4) is 0 Å². The Hall–Kier alpha value is -2.55. The number of rotatable bonds is 61. The van der Waals surface area contributed by atoms with E-state index in [0.717, 1.165) is 109 Å². The average molecular weight is 1140 g/mol. The second kappa shape index (κ2) is 59.6. The number of hydrogen-bond donors (Lipinski definition) is 1. The average Bonchev–Trinajstić information content (AvgIpc) is 3.42. The van der Waals surface area contributed by atoms with E-state index in [4.69, 9.17) is 13.8 Å². The molecule has 3 atom stereocenters. The number of esters is 1. The van der Waals surface area contributed by atoms with Gasteiger partial charge in [0.2, 0.25) is 5.91 Å². The molecule has 0 aliphatic rings. The fourth-order valence-electron chi connectivity index (χ4n) is 9.62. The number of likely N-dealkylation sites (N-methyl/N-ethyl adjacent to an activating group) is 1. The third-order valence-electron chi connectivity index (χ3n) is 14.9. The summed E-state index contributed by atoms with van der Waals surface area (Å²) in [6.45, 7) is 6.83. The van der Waals surface area contributed by atoms with Crippen molar-refractivity contribution in [1.29, 1.82) is 0 Å². The lowest BCUT2D eigenvalue weighted by atomic mass is 10.0. The number of allylic oxidation sites excluding steroid dienone is 11. The van der Waals surface area contributed by atoms with Gasteiger partial charge in [0.25, 0.3) is 7.82 Å². The smallest absolute Gasteiger partial charge is 0.306 e. The Morgan fingerprint density at radius 3 is 1.18 bits per heavy atom. The molecule has 0 radical (unpaired) electrons. The first-order valence-corrected chi connectivity index (χ1v) is 35.2. The van der Waals surface area contributed by atoms with Gasteiger partial charge in [-0.3, -0.25) is 14.2 Å². The standard InChI is InChI=1S/C70H129N2O7P/c1-7-10-13-16-19-22-25-28-30-32-33-34-35-36-37-38-39-40-42-45-48-51-54-57-60-63-70(74)79-68(61-58-55-52-49-46-43-27-24-21-18-15-12-9-3)67(66-78-80(75,76)77-65-64-72(4,5)6)71-69(73)62-59-56-53-50-47-44-41-31-29-26-23-20-17-14-11-8-2/h19,22,28,30-31,33-34,36-37,41,58,61,67-68H,7-18,20-21,23-27,29,32,35,38-40,42-57,59-60,62-66H2,1-6H3,(H-,71,73,75,76)/b22-19-,30-28-,34-33-,37-36-,41-31+,61-58-. The molecular weight excluding hydrogens is 1010 g/mol. The van der Waals surface area contributed by atoms with Crippen molar-refractivity contribution in [3.05, 3.63) is 72.9 Å². The maximum atomic E-state index is 13.6.